The van der Waals surface area contributed by atoms with Gasteiger partial charge in [0.2, 0.25) is 0 Å². The molecule has 1 aromatic heterocycles. The highest BCUT2D eigenvalue weighted by Crippen LogP contribution is 1.93. The van der Waals surface area contributed by atoms with Gasteiger partial charge in [0.1, 0.15) is 1.37 Å². The van der Waals surface area contributed by atoms with Gasteiger partial charge in [0, 0.05) is 6.20 Å². The minimum atomic E-state index is 0.167. The van der Waals surface area contributed by atoms with Crippen LogP contribution in [0.2, 0.25) is 0 Å². The van der Waals surface area contributed by atoms with Crippen molar-refractivity contribution < 1.29 is 1.37 Å². The molecule has 0 radical (unpaired) electrons. The van der Waals surface area contributed by atoms with Crippen molar-refractivity contribution in [3.8, 4) is 0 Å². The molecule has 0 aliphatic rings. The van der Waals surface area contributed by atoms with Crippen molar-refractivity contribution in [3.05, 3.63) is 18.2 Å². The highest BCUT2D eigenvalue weighted by Gasteiger charge is 1.85. The number of H-pyrrole nitrogens is 1. The molecule has 2 nitrogen and oxygen atoms in total. The number of hydrogen-bond acceptors (Lipinski definition) is 1. The topological polar surface area (TPSA) is 28.7 Å². The monoisotopic (exact) mass is 117 g/mol. The molecule has 0 aliphatic heterocycles. The van der Waals surface area contributed by atoms with Crippen molar-refractivity contribution in [1.82, 2.24) is 9.97 Å². The van der Waals surface area contributed by atoms with Gasteiger partial charge in [0.05, 0.1) is 17.9 Å². The molecule has 0 saturated carbocycles. The van der Waals surface area contributed by atoms with Crippen molar-refractivity contribution in [3.63, 3.8) is 0 Å². The van der Waals surface area contributed by atoms with Gasteiger partial charge in [-0.1, -0.05) is 0 Å². The molecule has 0 aliphatic carbocycles. The zero-order chi connectivity index (χ0) is 5.98. The Morgan fingerprint density at radius 1 is 2.14 bits per heavy atom. The van der Waals surface area contributed by atoms with Crippen molar-refractivity contribution in [1.29, 1.82) is 0 Å². The number of rotatable bonds is 1. The van der Waals surface area contributed by atoms with E-state index in [1.54, 1.807) is 6.20 Å². The van der Waals surface area contributed by atoms with E-state index < -0.39 is 0 Å². The first-order chi connectivity index (χ1) is 3.83. The number of imidazole rings is 1. The zero-order valence-electron chi connectivity index (χ0n) is 4.61. The fourth-order valence-electron chi connectivity index (χ4n) is 0.320. The van der Waals surface area contributed by atoms with Gasteiger partial charge >= 0.3 is 0 Å². The van der Waals surface area contributed by atoms with Gasteiger partial charge in [-0.15, -0.1) is 11.6 Å². The molecule has 0 saturated heterocycles. The van der Waals surface area contributed by atoms with Crippen molar-refractivity contribution in [2.24, 2.45) is 0 Å². The Morgan fingerprint density at radius 3 is 3.29 bits per heavy atom. The number of nitrogens with zero attached hydrogens (tertiary/aromatic N) is 1. The van der Waals surface area contributed by atoms with Crippen molar-refractivity contribution in [2.45, 2.75) is 5.88 Å². The first-order valence-corrected chi connectivity index (χ1v) is 2.43. The molecule has 3 heteroatoms. The van der Waals surface area contributed by atoms with Crippen LogP contribution in [0.25, 0.3) is 0 Å². The number of nitrogens with one attached hydrogen (secondary N) is 1. The summed E-state index contributed by atoms with van der Waals surface area (Å²) in [4.78, 5) is 6.30. The molecule has 38 valence electrons. The van der Waals surface area contributed by atoms with E-state index in [1.807, 2.05) is 0 Å². The van der Waals surface area contributed by atoms with Crippen LogP contribution < -0.4 is 0 Å². The first-order valence-electron chi connectivity index (χ1n) is 2.40. The third-order valence-corrected chi connectivity index (χ3v) is 0.914. The quantitative estimate of drug-likeness (QED) is 0.550. The Balaban J connectivity index is 2.84. The second-order valence-corrected chi connectivity index (χ2v) is 1.40. The first kappa shape index (κ1) is 3.50. The van der Waals surface area contributed by atoms with Gasteiger partial charge in [-0.25, -0.2) is 4.98 Å². The largest absolute Gasteiger partial charge is 0.351 e. The lowest BCUT2D eigenvalue weighted by molar-refractivity contribution is 1.22. The van der Waals surface area contributed by atoms with Gasteiger partial charge in [-0.3, -0.25) is 0 Å². The van der Waals surface area contributed by atoms with Crippen molar-refractivity contribution in [2.75, 3.05) is 0 Å². The summed E-state index contributed by atoms with van der Waals surface area (Å²) in [5, 5.41) is 0. The van der Waals surface area contributed by atoms with Crippen LogP contribution in [0.15, 0.2) is 12.5 Å². The Bertz CT molecular complexity index is 174. The van der Waals surface area contributed by atoms with E-state index in [2.05, 4.69) is 9.97 Å². The lowest BCUT2D eigenvalue weighted by Gasteiger charge is -1.75. The van der Waals surface area contributed by atoms with Gasteiger partial charge in [-0.05, 0) is 0 Å². The minimum Gasteiger partial charge on any atom is -0.351 e. The molecule has 0 bridgehead atoms. The van der Waals surface area contributed by atoms with Gasteiger partial charge in [0.25, 0.3) is 0 Å². The zero-order valence-corrected chi connectivity index (χ0v) is 4.37. The standard InChI is InChI=1S/C4H5ClN2/c5-1-4-2-6-3-7-4/h2-3H,1H2,(H,6,7)/i3D. The van der Waals surface area contributed by atoms with E-state index in [1.165, 1.54) is 0 Å². The molecule has 1 aromatic rings. The molecule has 1 heterocycles. The number of alkyl halides is 1. The molecule has 0 spiro atoms. The molecule has 0 unspecified atom stereocenters. The summed E-state index contributed by atoms with van der Waals surface area (Å²) in [6.07, 6.45) is 1.79. The van der Waals surface area contributed by atoms with E-state index in [-0.39, 0.29) is 6.30 Å². The SMILES string of the molecule is [2H]c1nc(CCl)c[nH]1. The second-order valence-electron chi connectivity index (χ2n) is 1.14. The normalized spacial score (nSPS) is 11.3. The van der Waals surface area contributed by atoms with Gasteiger partial charge in [0.15, 0.2) is 0 Å². The van der Waals surface area contributed by atoms with Crippen LogP contribution in [-0.2, 0) is 5.88 Å². The maximum atomic E-state index is 6.89. The molecular weight excluding hydrogens is 112 g/mol. The van der Waals surface area contributed by atoms with Crippen LogP contribution in [0.1, 0.15) is 7.06 Å². The predicted molar refractivity (Wildman–Crippen MR) is 28.1 cm³/mol. The fraction of sp³-hybridized carbons (Fsp3) is 0.250. The Kier molecular flexibility index (Phi) is 0.989. The summed E-state index contributed by atoms with van der Waals surface area (Å²) in [6.45, 7) is 0. The van der Waals surface area contributed by atoms with E-state index in [0.29, 0.717) is 5.88 Å². The summed E-state index contributed by atoms with van der Waals surface area (Å²) in [5.41, 5.74) is 0.719. The van der Waals surface area contributed by atoms with Crippen LogP contribution in [0.4, 0.5) is 0 Å². The van der Waals surface area contributed by atoms with Gasteiger partial charge in [-0.2, -0.15) is 0 Å². The third-order valence-electron chi connectivity index (χ3n) is 0.640. The van der Waals surface area contributed by atoms with Crippen LogP contribution in [0.3, 0.4) is 0 Å². The lowest BCUT2D eigenvalue weighted by atomic mass is 10.6. The van der Waals surface area contributed by atoms with Crippen LogP contribution in [0, 0.1) is 0 Å². The van der Waals surface area contributed by atoms with E-state index in [0.717, 1.165) is 5.69 Å². The van der Waals surface area contributed by atoms with E-state index in [9.17, 15) is 0 Å². The van der Waals surface area contributed by atoms with Crippen LogP contribution >= 0.6 is 11.6 Å². The number of hydrogen-bond donors (Lipinski definition) is 1. The predicted octanol–water partition coefficient (Wildman–Crippen LogP) is 1.15. The number of aromatic amines is 1. The van der Waals surface area contributed by atoms with Crippen molar-refractivity contribution >= 4 is 11.6 Å². The van der Waals surface area contributed by atoms with E-state index >= 15 is 0 Å². The molecule has 0 amide bonds. The second kappa shape index (κ2) is 1.98. The van der Waals surface area contributed by atoms with Gasteiger partial charge < -0.3 is 4.98 Å². The Labute approximate surface area is 47.9 Å². The molecule has 7 heavy (non-hydrogen) atoms. The Hall–Kier alpha value is -0.500. The number of aromatic nitrogens is 2. The average molecular weight is 118 g/mol. The van der Waals surface area contributed by atoms with Crippen LogP contribution in [-0.4, -0.2) is 9.97 Å². The fourth-order valence-corrected chi connectivity index (χ4v) is 0.457. The van der Waals surface area contributed by atoms with E-state index in [4.69, 9.17) is 13.0 Å². The maximum absolute atomic E-state index is 6.89. The number of halogens is 1. The maximum Gasteiger partial charge on any atom is 0.104 e. The highest BCUT2D eigenvalue weighted by atomic mass is 35.5. The Morgan fingerprint density at radius 2 is 3.00 bits per heavy atom. The molecule has 1 rings (SSSR count). The summed E-state index contributed by atoms with van der Waals surface area (Å²) in [7, 11) is 0. The molecule has 0 fully saturated rings. The highest BCUT2D eigenvalue weighted by molar-refractivity contribution is 6.16. The minimum absolute atomic E-state index is 0.167. The molecule has 1 N–H and O–H groups in total. The molecule has 0 aromatic carbocycles. The lowest BCUT2D eigenvalue weighted by Crippen LogP contribution is -1.70. The average Bonchev–Trinajstić information content (AvgIpc) is 2.14. The third kappa shape index (κ3) is 0.933. The molecule has 0 atom stereocenters. The smallest absolute Gasteiger partial charge is 0.104 e. The summed E-state index contributed by atoms with van der Waals surface area (Å²) in [6, 6.07) is 0. The molecular formula is C4H5ClN2. The summed E-state index contributed by atoms with van der Waals surface area (Å²) < 4.78 is 6.89. The van der Waals surface area contributed by atoms with Crippen LogP contribution in [0.5, 0.6) is 0 Å². The summed E-state index contributed by atoms with van der Waals surface area (Å²) >= 11 is 5.37. The summed E-state index contributed by atoms with van der Waals surface area (Å²) in [5.74, 6) is 0.370.